The Morgan fingerprint density at radius 1 is 1.19 bits per heavy atom. The van der Waals surface area contributed by atoms with E-state index < -0.39 is 0 Å². The molecule has 1 saturated heterocycles. The fourth-order valence-electron chi connectivity index (χ4n) is 8.58. The molecule has 0 radical (unpaired) electrons. The number of nitrogens with zero attached hydrogens (tertiary/aromatic N) is 2. The van der Waals surface area contributed by atoms with Crippen LogP contribution in [-0.4, -0.2) is 70.7 Å². The minimum absolute atomic E-state index is 0.137. The summed E-state index contributed by atoms with van der Waals surface area (Å²) >= 11 is 0. The monoisotopic (exact) mass is 568 g/mol. The molecule has 1 amide bonds. The van der Waals surface area contributed by atoms with Crippen molar-refractivity contribution in [1.29, 1.82) is 0 Å². The van der Waals surface area contributed by atoms with Crippen molar-refractivity contribution in [2.24, 2.45) is 17.8 Å². The number of rotatable bonds is 6. The third kappa shape index (κ3) is 4.51. The molecule has 2 aliphatic heterocycles. The third-order valence-corrected chi connectivity index (χ3v) is 10.3. The van der Waals surface area contributed by atoms with Crippen LogP contribution in [0.25, 0.3) is 0 Å². The molecule has 2 bridgehead atoms. The Labute approximate surface area is 248 Å². The number of carbonyl (C=O) groups excluding carboxylic acids is 2. The smallest absolute Gasteiger partial charge is 0.308 e. The van der Waals surface area contributed by atoms with Gasteiger partial charge in [-0.2, -0.15) is 0 Å². The van der Waals surface area contributed by atoms with E-state index in [2.05, 4.69) is 36.7 Å². The van der Waals surface area contributed by atoms with Gasteiger partial charge < -0.3 is 19.5 Å². The molecule has 7 heteroatoms. The highest BCUT2D eigenvalue weighted by molar-refractivity contribution is 5.94. The molecule has 2 saturated carbocycles. The average molecular weight is 569 g/mol. The van der Waals surface area contributed by atoms with Gasteiger partial charge in [-0.15, -0.1) is 0 Å². The van der Waals surface area contributed by atoms with Crippen LogP contribution in [0.5, 0.6) is 11.5 Å². The molecule has 7 nitrogen and oxygen atoms in total. The minimum atomic E-state index is -0.366. The van der Waals surface area contributed by atoms with Crippen LogP contribution < -0.4 is 9.47 Å². The zero-order valence-corrected chi connectivity index (χ0v) is 24.7. The van der Waals surface area contributed by atoms with E-state index in [1.54, 1.807) is 0 Å². The van der Waals surface area contributed by atoms with Crippen molar-refractivity contribution in [3.8, 4) is 23.3 Å². The lowest BCUT2D eigenvalue weighted by atomic mass is 9.51. The van der Waals surface area contributed by atoms with E-state index in [9.17, 15) is 14.7 Å². The second kappa shape index (κ2) is 10.4. The first kappa shape index (κ1) is 27.5. The van der Waals surface area contributed by atoms with Crippen molar-refractivity contribution in [1.82, 2.24) is 9.80 Å². The quantitative estimate of drug-likeness (QED) is 0.323. The van der Waals surface area contributed by atoms with Crippen molar-refractivity contribution < 1.29 is 24.2 Å². The van der Waals surface area contributed by atoms with E-state index in [4.69, 9.17) is 9.47 Å². The normalized spacial score (nSPS) is 31.8. The Hall–Kier alpha value is -3.34. The van der Waals surface area contributed by atoms with Gasteiger partial charge in [0.2, 0.25) is 0 Å². The fraction of sp³-hybridized carbons (Fsp3) is 0.543. The first-order valence-corrected chi connectivity index (χ1v) is 15.6. The van der Waals surface area contributed by atoms with E-state index in [0.29, 0.717) is 35.9 Å². The SMILES string of the molecule is CC(=O)Oc1ccc2c3c1O[C@H]1[C@@H](N(CC(C)C)C(=O)C#Cc4ccccc4)CC[C@H]4[C@@H](C2)N(CC2CC2O)CC[C@@]341. The number of benzene rings is 2. The van der Waals surface area contributed by atoms with Crippen molar-refractivity contribution in [3.05, 3.63) is 59.2 Å². The molecule has 7 rings (SSSR count). The maximum absolute atomic E-state index is 13.9. The zero-order chi connectivity index (χ0) is 29.2. The van der Waals surface area contributed by atoms with Gasteiger partial charge in [-0.1, -0.05) is 44.0 Å². The predicted octanol–water partition coefficient (Wildman–Crippen LogP) is 3.94. The van der Waals surface area contributed by atoms with E-state index in [1.807, 2.05) is 41.3 Å². The Balaban J connectivity index is 1.29. The number of piperidine rings is 1. The molecular weight excluding hydrogens is 528 g/mol. The van der Waals surface area contributed by atoms with Crippen LogP contribution in [0, 0.1) is 29.6 Å². The van der Waals surface area contributed by atoms with Crippen LogP contribution in [0.15, 0.2) is 42.5 Å². The number of aliphatic hydroxyl groups is 1. The highest BCUT2D eigenvalue weighted by Crippen LogP contribution is 2.64. The molecule has 2 unspecified atom stereocenters. The number of likely N-dealkylation sites (tertiary alicyclic amines) is 1. The van der Waals surface area contributed by atoms with Crippen LogP contribution in [-0.2, 0) is 21.4 Å². The summed E-state index contributed by atoms with van der Waals surface area (Å²) in [6, 6.07) is 13.9. The van der Waals surface area contributed by atoms with Crippen LogP contribution >= 0.6 is 0 Å². The molecule has 3 aliphatic carbocycles. The lowest BCUT2D eigenvalue weighted by molar-refractivity contribution is -0.137. The van der Waals surface area contributed by atoms with Gasteiger partial charge in [0.25, 0.3) is 5.91 Å². The van der Waals surface area contributed by atoms with Crippen LogP contribution in [0.4, 0.5) is 0 Å². The Morgan fingerprint density at radius 3 is 2.69 bits per heavy atom. The summed E-state index contributed by atoms with van der Waals surface area (Å²) < 4.78 is 12.7. The Kier molecular flexibility index (Phi) is 6.83. The number of carbonyl (C=O) groups is 2. The van der Waals surface area contributed by atoms with Crippen molar-refractivity contribution in [2.45, 2.75) is 82.6 Å². The average Bonchev–Trinajstić information content (AvgIpc) is 3.54. The van der Waals surface area contributed by atoms with E-state index in [0.717, 1.165) is 50.8 Å². The molecule has 2 heterocycles. The molecule has 1 spiro atoms. The van der Waals surface area contributed by atoms with Gasteiger partial charge in [-0.05, 0) is 74.2 Å². The predicted molar refractivity (Wildman–Crippen MR) is 158 cm³/mol. The Morgan fingerprint density at radius 2 is 1.98 bits per heavy atom. The number of amides is 1. The Bertz CT molecular complexity index is 1460. The number of ether oxygens (including phenoxy) is 2. The lowest BCUT2D eigenvalue weighted by Gasteiger charge is -2.60. The van der Waals surface area contributed by atoms with Crippen LogP contribution in [0.1, 0.15) is 63.1 Å². The maximum atomic E-state index is 13.9. The van der Waals surface area contributed by atoms with E-state index in [1.165, 1.54) is 18.1 Å². The summed E-state index contributed by atoms with van der Waals surface area (Å²) in [5.74, 6) is 7.69. The lowest BCUT2D eigenvalue weighted by Crippen LogP contribution is -2.69. The van der Waals surface area contributed by atoms with Gasteiger partial charge in [-0.3, -0.25) is 14.5 Å². The van der Waals surface area contributed by atoms with Crippen molar-refractivity contribution in [2.75, 3.05) is 19.6 Å². The molecular formula is C35H40N2O5. The van der Waals surface area contributed by atoms with Gasteiger partial charge in [0.05, 0.1) is 12.1 Å². The van der Waals surface area contributed by atoms with Crippen LogP contribution in [0.2, 0.25) is 0 Å². The maximum Gasteiger partial charge on any atom is 0.308 e. The summed E-state index contributed by atoms with van der Waals surface area (Å²) in [7, 11) is 0. The topological polar surface area (TPSA) is 79.3 Å². The van der Waals surface area contributed by atoms with Gasteiger partial charge >= 0.3 is 5.97 Å². The third-order valence-electron chi connectivity index (χ3n) is 10.3. The summed E-state index contributed by atoms with van der Waals surface area (Å²) in [5.41, 5.74) is 3.03. The number of hydrogen-bond acceptors (Lipinski definition) is 6. The summed E-state index contributed by atoms with van der Waals surface area (Å²) in [6.07, 6.45) is 4.17. The van der Waals surface area contributed by atoms with Gasteiger partial charge in [0.1, 0.15) is 6.10 Å². The first-order chi connectivity index (χ1) is 20.3. The first-order valence-electron chi connectivity index (χ1n) is 15.6. The molecule has 1 N–H and O–H groups in total. The van der Waals surface area contributed by atoms with Gasteiger partial charge in [0.15, 0.2) is 11.5 Å². The molecule has 220 valence electrons. The van der Waals surface area contributed by atoms with Gasteiger partial charge in [0, 0.05) is 54.4 Å². The highest BCUT2D eigenvalue weighted by Gasteiger charge is 2.67. The number of aliphatic hydroxyl groups excluding tert-OH is 1. The molecule has 2 aromatic carbocycles. The summed E-state index contributed by atoms with van der Waals surface area (Å²) in [6.45, 7) is 8.17. The molecule has 5 aliphatic rings. The van der Waals surface area contributed by atoms with Gasteiger partial charge in [-0.25, -0.2) is 0 Å². The zero-order valence-electron chi connectivity index (χ0n) is 24.7. The molecule has 42 heavy (non-hydrogen) atoms. The second-order valence-electron chi connectivity index (χ2n) is 13.4. The van der Waals surface area contributed by atoms with Crippen molar-refractivity contribution >= 4 is 11.9 Å². The van der Waals surface area contributed by atoms with Crippen LogP contribution in [0.3, 0.4) is 0 Å². The standard InChI is InChI=1S/C35H40N2O5/c1-21(2)19-37(31(40)14-9-23-7-5-4-6-8-23)27-12-11-26-28-17-24-10-13-30(41-22(3)38)33-32(24)35(26,34(27)42-33)15-16-36(28)20-25-18-29(25)39/h4-8,10,13,21,25-29,34,39H,11-12,15-20H2,1-3H3/t25?,26-,27-,28+,29?,34-,35-/m0/s1. The molecule has 7 atom stereocenters. The molecule has 3 fully saturated rings. The van der Waals surface area contributed by atoms with E-state index >= 15 is 0 Å². The summed E-state index contributed by atoms with van der Waals surface area (Å²) in [4.78, 5) is 30.5. The molecule has 0 aromatic heterocycles. The molecule has 2 aromatic rings. The van der Waals surface area contributed by atoms with E-state index in [-0.39, 0.29) is 41.5 Å². The number of hydrogen-bond donors (Lipinski definition) is 1. The largest absolute Gasteiger partial charge is 0.483 e. The van der Waals surface area contributed by atoms with Crippen molar-refractivity contribution in [3.63, 3.8) is 0 Å². The highest BCUT2D eigenvalue weighted by atomic mass is 16.6. The minimum Gasteiger partial charge on any atom is -0.483 e. The fourth-order valence-corrected chi connectivity index (χ4v) is 8.58. The summed E-state index contributed by atoms with van der Waals surface area (Å²) in [5, 5.41) is 10.1. The second-order valence-corrected chi connectivity index (χ2v) is 13.4. The number of esters is 1.